The van der Waals surface area contributed by atoms with Gasteiger partial charge in [-0.15, -0.1) is 0 Å². The Labute approximate surface area is 108 Å². The van der Waals surface area contributed by atoms with E-state index in [0.717, 1.165) is 0 Å². The molecule has 1 aromatic carbocycles. The molecule has 0 spiro atoms. The monoisotopic (exact) mass is 273 g/mol. The number of rotatable bonds is 7. The molecule has 1 aromatic rings. The first-order chi connectivity index (χ1) is 8.57. The number of nitrogens with one attached hydrogen (secondary N) is 1. The smallest absolute Gasteiger partial charge is 0.245 e. The number of nitrogens with two attached hydrogens (primary N) is 1. The minimum Gasteiger partial charge on any atom is -0.383 e. The van der Waals surface area contributed by atoms with Gasteiger partial charge in [0.2, 0.25) is 10.0 Å². The lowest BCUT2D eigenvalue weighted by Crippen LogP contribution is -2.34. The first-order valence-electron chi connectivity index (χ1n) is 5.62. The van der Waals surface area contributed by atoms with Gasteiger partial charge in [-0.1, -0.05) is 19.1 Å². The Kier molecular flexibility index (Phi) is 5.54. The molecule has 0 unspecified atom stereocenters. The highest BCUT2D eigenvalue weighted by atomic mass is 32.2. The summed E-state index contributed by atoms with van der Waals surface area (Å²) in [5.74, 6) is 5.33. The quantitative estimate of drug-likeness (QED) is 0.562. The number of likely N-dealkylation sites (N-methyl/N-ethyl adjacent to an activating group) is 1. The minimum atomic E-state index is -3.56. The van der Waals surface area contributed by atoms with Crippen molar-refractivity contribution in [2.45, 2.75) is 11.8 Å². The predicted molar refractivity (Wildman–Crippen MR) is 70.6 cm³/mol. The molecule has 0 aliphatic carbocycles. The predicted octanol–water partition coefficient (Wildman–Crippen LogP) is 0.629. The lowest BCUT2D eigenvalue weighted by atomic mass is 10.3. The van der Waals surface area contributed by atoms with E-state index >= 15 is 0 Å². The number of para-hydroxylation sites is 1. The zero-order valence-electron chi connectivity index (χ0n) is 10.6. The summed E-state index contributed by atoms with van der Waals surface area (Å²) < 4.78 is 31.1. The van der Waals surface area contributed by atoms with E-state index in [0.29, 0.717) is 25.4 Å². The number of benzene rings is 1. The van der Waals surface area contributed by atoms with Crippen molar-refractivity contribution in [3.63, 3.8) is 0 Å². The Balaban J connectivity index is 3.10. The fourth-order valence-corrected chi connectivity index (χ4v) is 3.18. The van der Waals surface area contributed by atoms with Gasteiger partial charge in [-0.25, -0.2) is 8.42 Å². The maximum absolute atomic E-state index is 12.4. The second-order valence-electron chi connectivity index (χ2n) is 3.63. The molecule has 0 heterocycles. The molecule has 0 saturated carbocycles. The van der Waals surface area contributed by atoms with Crippen molar-refractivity contribution in [2.24, 2.45) is 5.84 Å². The van der Waals surface area contributed by atoms with E-state index in [1.165, 1.54) is 17.5 Å². The molecule has 102 valence electrons. The van der Waals surface area contributed by atoms with Crippen LogP contribution in [0.3, 0.4) is 0 Å². The van der Waals surface area contributed by atoms with Crippen molar-refractivity contribution in [1.29, 1.82) is 0 Å². The fourth-order valence-electron chi connectivity index (χ4n) is 1.59. The molecule has 18 heavy (non-hydrogen) atoms. The number of ether oxygens (including phenoxy) is 1. The van der Waals surface area contributed by atoms with E-state index in [9.17, 15) is 8.42 Å². The van der Waals surface area contributed by atoms with Crippen molar-refractivity contribution < 1.29 is 13.2 Å². The van der Waals surface area contributed by atoms with Gasteiger partial charge >= 0.3 is 0 Å². The molecule has 0 amide bonds. The third-order valence-electron chi connectivity index (χ3n) is 2.56. The normalized spacial score (nSPS) is 11.8. The van der Waals surface area contributed by atoms with Crippen LogP contribution in [0.2, 0.25) is 0 Å². The summed E-state index contributed by atoms with van der Waals surface area (Å²) >= 11 is 0. The first kappa shape index (κ1) is 14.9. The number of nitrogens with zero attached hydrogens (tertiary/aromatic N) is 1. The highest BCUT2D eigenvalue weighted by Crippen LogP contribution is 2.23. The summed E-state index contributed by atoms with van der Waals surface area (Å²) in [7, 11) is -2.02. The van der Waals surface area contributed by atoms with Gasteiger partial charge < -0.3 is 10.2 Å². The topological polar surface area (TPSA) is 84.7 Å². The van der Waals surface area contributed by atoms with Crippen LogP contribution in [0.15, 0.2) is 29.2 Å². The molecule has 0 bridgehead atoms. The molecule has 0 atom stereocenters. The van der Waals surface area contributed by atoms with Gasteiger partial charge in [-0.3, -0.25) is 5.84 Å². The first-order valence-corrected chi connectivity index (χ1v) is 7.06. The van der Waals surface area contributed by atoms with E-state index in [2.05, 4.69) is 5.43 Å². The fraction of sp³-hybridized carbons (Fsp3) is 0.455. The van der Waals surface area contributed by atoms with Crippen LogP contribution in [-0.4, -0.2) is 39.5 Å². The van der Waals surface area contributed by atoms with Crippen LogP contribution >= 0.6 is 0 Å². The molecular formula is C11H19N3O3S. The molecule has 3 N–H and O–H groups in total. The largest absolute Gasteiger partial charge is 0.383 e. The molecule has 0 saturated heterocycles. The standard InChI is InChI=1S/C11H19N3O3S/c1-3-14(8-9-17-2)18(15,16)11-7-5-4-6-10(11)13-12/h4-7,13H,3,8-9,12H2,1-2H3. The summed E-state index contributed by atoms with van der Waals surface area (Å²) in [6.07, 6.45) is 0. The van der Waals surface area contributed by atoms with E-state index < -0.39 is 10.0 Å². The average molecular weight is 273 g/mol. The number of methoxy groups -OCH3 is 1. The summed E-state index contributed by atoms with van der Waals surface area (Å²) in [6.45, 7) is 2.83. The maximum Gasteiger partial charge on any atom is 0.245 e. The summed E-state index contributed by atoms with van der Waals surface area (Å²) in [4.78, 5) is 0.172. The molecule has 6 nitrogen and oxygen atoms in total. The zero-order valence-corrected chi connectivity index (χ0v) is 11.4. The van der Waals surface area contributed by atoms with Crippen molar-refractivity contribution in [1.82, 2.24) is 4.31 Å². The lowest BCUT2D eigenvalue weighted by Gasteiger charge is -2.21. The summed E-state index contributed by atoms with van der Waals surface area (Å²) in [5.41, 5.74) is 2.78. The Hall–Kier alpha value is -1.15. The Morgan fingerprint density at radius 2 is 2.06 bits per heavy atom. The van der Waals surface area contributed by atoms with Gasteiger partial charge in [0.15, 0.2) is 0 Å². The molecule has 0 radical (unpaired) electrons. The van der Waals surface area contributed by atoms with Crippen molar-refractivity contribution in [3.05, 3.63) is 24.3 Å². The number of hydrogen-bond donors (Lipinski definition) is 2. The van der Waals surface area contributed by atoms with E-state index in [-0.39, 0.29) is 4.90 Å². The molecule has 0 aliphatic heterocycles. The number of sulfonamides is 1. The Morgan fingerprint density at radius 3 is 2.61 bits per heavy atom. The Morgan fingerprint density at radius 1 is 1.39 bits per heavy atom. The SMILES string of the molecule is CCN(CCOC)S(=O)(=O)c1ccccc1NN. The number of hydrogen-bond acceptors (Lipinski definition) is 5. The average Bonchev–Trinajstić information content (AvgIpc) is 2.39. The van der Waals surface area contributed by atoms with Crippen molar-refractivity contribution in [3.8, 4) is 0 Å². The lowest BCUT2D eigenvalue weighted by molar-refractivity contribution is 0.180. The third kappa shape index (κ3) is 3.20. The van der Waals surface area contributed by atoms with Crippen molar-refractivity contribution >= 4 is 15.7 Å². The van der Waals surface area contributed by atoms with Crippen molar-refractivity contribution in [2.75, 3.05) is 32.2 Å². The van der Waals surface area contributed by atoms with Gasteiger partial charge in [0, 0.05) is 20.2 Å². The summed E-state index contributed by atoms with van der Waals surface area (Å²) in [6, 6.07) is 6.54. The van der Waals surface area contributed by atoms with E-state index in [1.807, 2.05) is 0 Å². The zero-order chi connectivity index (χ0) is 13.6. The number of hydrazine groups is 1. The highest BCUT2D eigenvalue weighted by molar-refractivity contribution is 7.89. The van der Waals surface area contributed by atoms with Gasteiger partial charge in [0.1, 0.15) is 4.90 Å². The van der Waals surface area contributed by atoms with Gasteiger partial charge in [0.05, 0.1) is 12.3 Å². The maximum atomic E-state index is 12.4. The van der Waals surface area contributed by atoms with Gasteiger partial charge in [-0.05, 0) is 12.1 Å². The highest BCUT2D eigenvalue weighted by Gasteiger charge is 2.25. The molecule has 0 aromatic heterocycles. The van der Waals surface area contributed by atoms with Crippen LogP contribution in [0.25, 0.3) is 0 Å². The number of anilines is 1. The molecule has 0 aliphatic rings. The van der Waals surface area contributed by atoms with Crippen LogP contribution in [0.4, 0.5) is 5.69 Å². The van der Waals surface area contributed by atoms with Gasteiger partial charge in [0.25, 0.3) is 0 Å². The van der Waals surface area contributed by atoms with Gasteiger partial charge in [-0.2, -0.15) is 4.31 Å². The minimum absolute atomic E-state index is 0.172. The van der Waals surface area contributed by atoms with Crippen LogP contribution in [0, 0.1) is 0 Å². The molecule has 0 fully saturated rings. The Bertz CT molecular complexity index is 476. The van der Waals surface area contributed by atoms with Crippen LogP contribution in [0.5, 0.6) is 0 Å². The molecule has 1 rings (SSSR count). The van der Waals surface area contributed by atoms with E-state index in [4.69, 9.17) is 10.6 Å². The summed E-state index contributed by atoms with van der Waals surface area (Å²) in [5, 5.41) is 0. The van der Waals surface area contributed by atoms with Crippen LogP contribution in [-0.2, 0) is 14.8 Å². The molecular weight excluding hydrogens is 254 g/mol. The van der Waals surface area contributed by atoms with E-state index in [1.54, 1.807) is 25.1 Å². The van der Waals surface area contributed by atoms with Crippen LogP contribution < -0.4 is 11.3 Å². The second-order valence-corrected chi connectivity index (χ2v) is 5.54. The number of nitrogen functional groups attached to an aromatic ring is 1. The third-order valence-corrected chi connectivity index (χ3v) is 4.59. The molecule has 7 heteroatoms. The second kappa shape index (κ2) is 6.69. The van der Waals surface area contributed by atoms with Crippen LogP contribution in [0.1, 0.15) is 6.92 Å².